The summed E-state index contributed by atoms with van der Waals surface area (Å²) in [6.07, 6.45) is 2.69. The van der Waals surface area contributed by atoms with Gasteiger partial charge in [-0.05, 0) is 65.0 Å². The van der Waals surface area contributed by atoms with E-state index >= 15 is 0 Å². The SMILES string of the molecule is CN=C(NCc1ccc(CN2CCCC2)cc1)NCC(C)(C)N(C)C. The van der Waals surface area contributed by atoms with Gasteiger partial charge in [0.05, 0.1) is 0 Å². The number of hydrogen-bond donors (Lipinski definition) is 2. The first-order chi connectivity index (χ1) is 11.9. The van der Waals surface area contributed by atoms with Gasteiger partial charge in [-0.3, -0.25) is 9.89 Å². The van der Waals surface area contributed by atoms with Crippen LogP contribution in [0, 0.1) is 0 Å². The van der Waals surface area contributed by atoms with E-state index in [4.69, 9.17) is 0 Å². The van der Waals surface area contributed by atoms with Gasteiger partial charge in [0.25, 0.3) is 0 Å². The van der Waals surface area contributed by atoms with Crippen LogP contribution in [-0.2, 0) is 13.1 Å². The number of rotatable bonds is 7. The van der Waals surface area contributed by atoms with Gasteiger partial charge in [0, 0.05) is 32.2 Å². The number of aliphatic imine (C=N–C) groups is 1. The Morgan fingerprint density at radius 2 is 1.68 bits per heavy atom. The van der Waals surface area contributed by atoms with E-state index in [-0.39, 0.29) is 5.54 Å². The van der Waals surface area contributed by atoms with Crippen molar-refractivity contribution in [2.75, 3.05) is 40.8 Å². The molecule has 2 rings (SSSR count). The maximum absolute atomic E-state index is 4.32. The van der Waals surface area contributed by atoms with Crippen molar-refractivity contribution in [3.8, 4) is 0 Å². The Hall–Kier alpha value is -1.59. The molecule has 0 aliphatic carbocycles. The highest BCUT2D eigenvalue weighted by Gasteiger charge is 2.20. The third kappa shape index (κ3) is 6.33. The molecule has 0 spiro atoms. The van der Waals surface area contributed by atoms with Crippen molar-refractivity contribution in [1.29, 1.82) is 0 Å². The fourth-order valence-electron chi connectivity index (χ4n) is 2.83. The van der Waals surface area contributed by atoms with Gasteiger partial charge in [-0.2, -0.15) is 0 Å². The summed E-state index contributed by atoms with van der Waals surface area (Å²) in [5.41, 5.74) is 2.76. The van der Waals surface area contributed by atoms with Gasteiger partial charge < -0.3 is 15.5 Å². The Kier molecular flexibility index (Phi) is 7.26. The molecule has 5 heteroatoms. The van der Waals surface area contributed by atoms with Crippen LogP contribution in [0.2, 0.25) is 0 Å². The summed E-state index contributed by atoms with van der Waals surface area (Å²) in [6, 6.07) is 8.94. The second kappa shape index (κ2) is 9.20. The van der Waals surface area contributed by atoms with Crippen molar-refractivity contribution in [2.45, 2.75) is 45.3 Å². The van der Waals surface area contributed by atoms with Crippen LogP contribution in [0.4, 0.5) is 0 Å². The Morgan fingerprint density at radius 1 is 1.08 bits per heavy atom. The van der Waals surface area contributed by atoms with Crippen molar-refractivity contribution < 1.29 is 0 Å². The van der Waals surface area contributed by atoms with Crippen molar-refractivity contribution in [3.63, 3.8) is 0 Å². The lowest BCUT2D eigenvalue weighted by Crippen LogP contribution is -2.50. The zero-order chi connectivity index (χ0) is 18.3. The van der Waals surface area contributed by atoms with Gasteiger partial charge in [-0.25, -0.2) is 0 Å². The number of hydrogen-bond acceptors (Lipinski definition) is 3. The molecule has 0 bridgehead atoms. The van der Waals surface area contributed by atoms with Crippen LogP contribution in [0.3, 0.4) is 0 Å². The number of nitrogens with zero attached hydrogens (tertiary/aromatic N) is 3. The minimum Gasteiger partial charge on any atom is -0.355 e. The summed E-state index contributed by atoms with van der Waals surface area (Å²) in [7, 11) is 6.01. The number of likely N-dealkylation sites (tertiary alicyclic amines) is 1. The molecule has 0 amide bonds. The first kappa shape index (κ1) is 19.7. The molecule has 1 aromatic rings. The number of nitrogens with one attached hydrogen (secondary N) is 2. The maximum atomic E-state index is 4.32. The van der Waals surface area contributed by atoms with Crippen LogP contribution >= 0.6 is 0 Å². The van der Waals surface area contributed by atoms with Crippen LogP contribution < -0.4 is 10.6 Å². The summed E-state index contributed by atoms with van der Waals surface area (Å²) in [4.78, 5) is 9.07. The number of guanidine groups is 1. The zero-order valence-corrected chi connectivity index (χ0v) is 16.6. The Labute approximate surface area is 153 Å². The molecular formula is C20H35N5. The highest BCUT2D eigenvalue weighted by molar-refractivity contribution is 5.79. The van der Waals surface area contributed by atoms with Crippen LogP contribution in [0.25, 0.3) is 0 Å². The minimum atomic E-state index is 0.0782. The van der Waals surface area contributed by atoms with E-state index in [1.165, 1.54) is 37.1 Å². The van der Waals surface area contributed by atoms with Gasteiger partial charge in [0.15, 0.2) is 5.96 Å². The highest BCUT2D eigenvalue weighted by atomic mass is 15.2. The van der Waals surface area contributed by atoms with E-state index in [0.29, 0.717) is 0 Å². The third-order valence-electron chi connectivity index (χ3n) is 5.21. The Morgan fingerprint density at radius 3 is 2.24 bits per heavy atom. The molecule has 1 heterocycles. The molecule has 0 atom stereocenters. The summed E-state index contributed by atoms with van der Waals surface area (Å²) < 4.78 is 0. The van der Waals surface area contributed by atoms with Crippen LogP contribution in [-0.4, -0.2) is 62.1 Å². The van der Waals surface area contributed by atoms with Gasteiger partial charge in [-0.1, -0.05) is 24.3 Å². The molecule has 2 N–H and O–H groups in total. The van der Waals surface area contributed by atoms with Crippen LogP contribution in [0.1, 0.15) is 37.8 Å². The monoisotopic (exact) mass is 345 g/mol. The average molecular weight is 346 g/mol. The highest BCUT2D eigenvalue weighted by Crippen LogP contribution is 2.13. The molecule has 140 valence electrons. The molecule has 1 saturated heterocycles. The van der Waals surface area contributed by atoms with Crippen molar-refractivity contribution in [2.24, 2.45) is 4.99 Å². The molecule has 1 aliphatic heterocycles. The largest absolute Gasteiger partial charge is 0.355 e. The standard InChI is InChI=1S/C20H35N5/c1-20(2,24(4)5)16-23-19(21-3)22-14-17-8-10-18(11-9-17)15-25-12-6-7-13-25/h8-11H,6-7,12-16H2,1-5H3,(H2,21,22,23). The second-order valence-corrected chi connectivity index (χ2v) is 7.79. The normalized spacial score (nSPS) is 16.5. The summed E-state index contributed by atoms with van der Waals surface area (Å²) in [5, 5.41) is 6.81. The molecule has 0 aromatic heterocycles. The van der Waals surface area contributed by atoms with Crippen molar-refractivity contribution in [3.05, 3.63) is 35.4 Å². The van der Waals surface area contributed by atoms with E-state index in [0.717, 1.165) is 25.6 Å². The van der Waals surface area contributed by atoms with E-state index in [2.05, 4.69) is 77.6 Å². The van der Waals surface area contributed by atoms with E-state index in [1.807, 2.05) is 7.05 Å². The van der Waals surface area contributed by atoms with Gasteiger partial charge in [0.1, 0.15) is 0 Å². The third-order valence-corrected chi connectivity index (χ3v) is 5.21. The fourth-order valence-corrected chi connectivity index (χ4v) is 2.83. The van der Waals surface area contributed by atoms with Gasteiger partial charge in [-0.15, -0.1) is 0 Å². The van der Waals surface area contributed by atoms with E-state index in [9.17, 15) is 0 Å². The van der Waals surface area contributed by atoms with Crippen molar-refractivity contribution >= 4 is 5.96 Å². The van der Waals surface area contributed by atoms with Crippen LogP contribution in [0.15, 0.2) is 29.3 Å². The predicted molar refractivity (Wildman–Crippen MR) is 107 cm³/mol. The molecule has 5 nitrogen and oxygen atoms in total. The summed E-state index contributed by atoms with van der Waals surface area (Å²) in [5.74, 6) is 0.844. The maximum Gasteiger partial charge on any atom is 0.191 e. The van der Waals surface area contributed by atoms with E-state index in [1.54, 1.807) is 0 Å². The molecule has 0 unspecified atom stereocenters. The first-order valence-electron chi connectivity index (χ1n) is 9.33. The summed E-state index contributed by atoms with van der Waals surface area (Å²) in [6.45, 7) is 9.62. The minimum absolute atomic E-state index is 0.0782. The van der Waals surface area contributed by atoms with Crippen molar-refractivity contribution in [1.82, 2.24) is 20.4 Å². The molecule has 0 saturated carbocycles. The molecule has 0 radical (unpaired) electrons. The quantitative estimate of drug-likeness (QED) is 0.588. The molecule has 1 aliphatic rings. The topological polar surface area (TPSA) is 42.9 Å². The summed E-state index contributed by atoms with van der Waals surface area (Å²) >= 11 is 0. The van der Waals surface area contributed by atoms with E-state index < -0.39 is 0 Å². The second-order valence-electron chi connectivity index (χ2n) is 7.79. The van der Waals surface area contributed by atoms with Gasteiger partial charge in [0.2, 0.25) is 0 Å². The molecule has 25 heavy (non-hydrogen) atoms. The Balaban J connectivity index is 1.78. The van der Waals surface area contributed by atoms with Crippen LogP contribution in [0.5, 0.6) is 0 Å². The fraction of sp³-hybridized carbons (Fsp3) is 0.650. The smallest absolute Gasteiger partial charge is 0.191 e. The molecular weight excluding hydrogens is 310 g/mol. The lowest BCUT2D eigenvalue weighted by molar-refractivity contribution is 0.197. The van der Waals surface area contributed by atoms with Gasteiger partial charge >= 0.3 is 0 Å². The molecule has 1 aromatic carbocycles. The first-order valence-corrected chi connectivity index (χ1v) is 9.33. The lowest BCUT2D eigenvalue weighted by atomic mass is 10.0. The zero-order valence-electron chi connectivity index (χ0n) is 16.6. The number of benzene rings is 1. The average Bonchev–Trinajstić information content (AvgIpc) is 3.09. The molecule has 1 fully saturated rings. The number of likely N-dealkylation sites (N-methyl/N-ethyl adjacent to an activating group) is 1. The Bertz CT molecular complexity index is 542. The lowest BCUT2D eigenvalue weighted by Gasteiger charge is -2.33. The predicted octanol–water partition coefficient (Wildman–Crippen LogP) is 2.29.